The van der Waals surface area contributed by atoms with Crippen LogP contribution in [0.2, 0.25) is 0 Å². The molecule has 1 heterocycles. The third-order valence-corrected chi connectivity index (χ3v) is 1.43. The van der Waals surface area contributed by atoms with Gasteiger partial charge >= 0.3 is 6.09 Å². The average Bonchev–Trinajstić information content (AvgIpc) is 2.13. The smallest absolute Gasteiger partial charge is 0.410 e. The van der Waals surface area contributed by atoms with Gasteiger partial charge in [-0.15, -0.1) is 12.6 Å². The molecule has 1 unspecified atom stereocenters. The Balaban J connectivity index is 2.49. The van der Waals surface area contributed by atoms with E-state index in [9.17, 15) is 4.79 Å². The van der Waals surface area contributed by atoms with Gasteiger partial charge < -0.3 is 5.11 Å². The van der Waals surface area contributed by atoms with E-state index in [0.717, 1.165) is 4.90 Å². The molecule has 5 nitrogen and oxygen atoms in total. The van der Waals surface area contributed by atoms with Crippen molar-refractivity contribution in [1.82, 2.24) is 15.8 Å². The van der Waals surface area contributed by atoms with Crippen molar-refractivity contribution < 1.29 is 9.90 Å². The number of carbonyl (C=O) groups is 1. The molecule has 3 N–H and O–H groups in total. The minimum absolute atomic E-state index is 0.281. The first-order chi connectivity index (χ1) is 4.22. The van der Waals surface area contributed by atoms with Crippen molar-refractivity contribution in [1.29, 1.82) is 0 Å². The molecular formula is C3H7N3O2S. The summed E-state index contributed by atoms with van der Waals surface area (Å²) in [6, 6.07) is 0. The summed E-state index contributed by atoms with van der Waals surface area (Å²) in [4.78, 5) is 11.3. The van der Waals surface area contributed by atoms with E-state index in [4.69, 9.17) is 5.11 Å². The first-order valence-electron chi connectivity index (χ1n) is 2.38. The van der Waals surface area contributed by atoms with Crippen LogP contribution < -0.4 is 10.9 Å². The van der Waals surface area contributed by atoms with E-state index in [-0.39, 0.29) is 6.67 Å². The molecule has 1 aliphatic rings. The van der Waals surface area contributed by atoms with Crippen LogP contribution in [0.1, 0.15) is 0 Å². The van der Waals surface area contributed by atoms with Gasteiger partial charge in [-0.3, -0.25) is 4.90 Å². The monoisotopic (exact) mass is 149 g/mol. The molecule has 1 atom stereocenters. The van der Waals surface area contributed by atoms with Crippen LogP contribution in [0.5, 0.6) is 0 Å². The number of thiol groups is 1. The zero-order valence-electron chi connectivity index (χ0n) is 4.53. The highest BCUT2D eigenvalue weighted by Crippen LogP contribution is 2.02. The summed E-state index contributed by atoms with van der Waals surface area (Å²) in [7, 11) is 0. The fraction of sp³-hybridized carbons (Fsp3) is 0.667. The van der Waals surface area contributed by atoms with Gasteiger partial charge in [-0.05, 0) is 0 Å². The molecule has 0 spiro atoms. The van der Waals surface area contributed by atoms with Crippen molar-refractivity contribution in [2.24, 2.45) is 0 Å². The highest BCUT2D eigenvalue weighted by Gasteiger charge is 2.23. The van der Waals surface area contributed by atoms with Gasteiger partial charge in [0, 0.05) is 0 Å². The fourth-order valence-corrected chi connectivity index (χ4v) is 0.830. The molecule has 1 aliphatic heterocycles. The quantitative estimate of drug-likeness (QED) is 0.342. The summed E-state index contributed by atoms with van der Waals surface area (Å²) in [5, 5.41) is 8.38. The number of amides is 1. The Hall–Kier alpha value is -0.460. The summed E-state index contributed by atoms with van der Waals surface area (Å²) >= 11 is 3.90. The van der Waals surface area contributed by atoms with Crippen LogP contribution >= 0.6 is 12.6 Å². The number of hydrogen-bond acceptors (Lipinski definition) is 4. The summed E-state index contributed by atoms with van der Waals surface area (Å²) in [6.07, 6.45) is -0.979. The summed E-state index contributed by atoms with van der Waals surface area (Å²) in [6.45, 7) is 0.281. The molecule has 1 amide bonds. The van der Waals surface area contributed by atoms with Crippen molar-refractivity contribution >= 4 is 18.7 Å². The number of rotatable bonds is 0. The third-order valence-electron chi connectivity index (χ3n) is 1.02. The zero-order valence-corrected chi connectivity index (χ0v) is 5.43. The van der Waals surface area contributed by atoms with Gasteiger partial charge in [-0.2, -0.15) is 0 Å². The minimum Gasteiger partial charge on any atom is -0.465 e. The Morgan fingerprint density at radius 2 is 2.56 bits per heavy atom. The van der Waals surface area contributed by atoms with Crippen LogP contribution in [0.25, 0.3) is 0 Å². The van der Waals surface area contributed by atoms with Crippen LogP contribution in [0.15, 0.2) is 0 Å². The van der Waals surface area contributed by atoms with Crippen molar-refractivity contribution in [2.75, 3.05) is 6.67 Å². The molecule has 0 aliphatic carbocycles. The van der Waals surface area contributed by atoms with Gasteiger partial charge in [0.2, 0.25) is 0 Å². The lowest BCUT2D eigenvalue weighted by Crippen LogP contribution is -2.34. The second-order valence-electron chi connectivity index (χ2n) is 1.61. The fourth-order valence-electron chi connectivity index (χ4n) is 0.559. The Kier molecular flexibility index (Phi) is 1.79. The van der Waals surface area contributed by atoms with Gasteiger partial charge in [0.05, 0.1) is 6.67 Å². The van der Waals surface area contributed by atoms with E-state index in [0.29, 0.717) is 0 Å². The van der Waals surface area contributed by atoms with Crippen LogP contribution in [0, 0.1) is 0 Å². The Morgan fingerprint density at radius 1 is 1.89 bits per heavy atom. The largest absolute Gasteiger partial charge is 0.465 e. The van der Waals surface area contributed by atoms with Gasteiger partial charge in [0.1, 0.15) is 5.50 Å². The second kappa shape index (κ2) is 2.42. The molecule has 0 aromatic heterocycles. The van der Waals surface area contributed by atoms with Crippen LogP contribution in [-0.2, 0) is 0 Å². The number of nitrogens with one attached hydrogen (secondary N) is 2. The van der Waals surface area contributed by atoms with E-state index >= 15 is 0 Å². The van der Waals surface area contributed by atoms with Crippen LogP contribution in [0.3, 0.4) is 0 Å². The molecule has 0 radical (unpaired) electrons. The molecule has 0 saturated carbocycles. The molecule has 1 rings (SSSR count). The summed E-state index contributed by atoms with van der Waals surface area (Å²) < 4.78 is 0. The SMILES string of the molecule is O=C(O)N1CNNC1S. The summed E-state index contributed by atoms with van der Waals surface area (Å²) in [5.74, 6) is 0. The number of hydrazine groups is 1. The van der Waals surface area contributed by atoms with Crippen molar-refractivity contribution in [2.45, 2.75) is 5.50 Å². The zero-order chi connectivity index (χ0) is 6.85. The van der Waals surface area contributed by atoms with Crippen molar-refractivity contribution in [3.8, 4) is 0 Å². The first kappa shape index (κ1) is 6.66. The molecule has 0 aromatic rings. The average molecular weight is 149 g/mol. The Labute approximate surface area is 57.4 Å². The maximum absolute atomic E-state index is 10.2. The maximum atomic E-state index is 10.2. The van der Waals surface area contributed by atoms with Crippen molar-refractivity contribution in [3.63, 3.8) is 0 Å². The molecule has 9 heavy (non-hydrogen) atoms. The molecular weight excluding hydrogens is 142 g/mol. The predicted octanol–water partition coefficient (Wildman–Crippen LogP) is -0.755. The van der Waals surface area contributed by atoms with E-state index in [2.05, 4.69) is 23.5 Å². The number of carboxylic acid groups (broad SMARTS) is 1. The first-order valence-corrected chi connectivity index (χ1v) is 2.89. The molecule has 0 aromatic carbocycles. The molecule has 6 heteroatoms. The van der Waals surface area contributed by atoms with Gasteiger partial charge in [-0.1, -0.05) is 0 Å². The minimum atomic E-state index is -0.979. The van der Waals surface area contributed by atoms with E-state index in [1.807, 2.05) is 0 Å². The topological polar surface area (TPSA) is 64.6 Å². The normalized spacial score (nSPS) is 26.8. The predicted molar refractivity (Wildman–Crippen MR) is 33.8 cm³/mol. The maximum Gasteiger partial charge on any atom is 0.410 e. The van der Waals surface area contributed by atoms with Crippen LogP contribution in [0.4, 0.5) is 4.79 Å². The van der Waals surface area contributed by atoms with Gasteiger partial charge in [0.25, 0.3) is 0 Å². The lowest BCUT2D eigenvalue weighted by molar-refractivity contribution is 0.151. The molecule has 1 saturated heterocycles. The van der Waals surface area contributed by atoms with Crippen molar-refractivity contribution in [3.05, 3.63) is 0 Å². The van der Waals surface area contributed by atoms with Crippen LogP contribution in [-0.4, -0.2) is 28.3 Å². The van der Waals surface area contributed by atoms with E-state index < -0.39 is 11.6 Å². The Bertz CT molecular complexity index is 130. The standard InChI is InChI=1S/C3H7N3O2S/c7-3(8)6-1-4-5-2(6)9/h2,4-5,9H,1H2,(H,7,8). The lowest BCUT2D eigenvalue weighted by Gasteiger charge is -2.12. The van der Waals surface area contributed by atoms with E-state index in [1.165, 1.54) is 0 Å². The number of nitrogens with zero attached hydrogens (tertiary/aromatic N) is 1. The molecule has 1 fully saturated rings. The lowest BCUT2D eigenvalue weighted by atomic mass is 10.8. The highest BCUT2D eigenvalue weighted by molar-refractivity contribution is 7.80. The van der Waals surface area contributed by atoms with Gasteiger partial charge in [0.15, 0.2) is 0 Å². The number of hydrogen-bond donors (Lipinski definition) is 4. The van der Waals surface area contributed by atoms with Gasteiger partial charge in [-0.25, -0.2) is 15.6 Å². The summed E-state index contributed by atoms with van der Waals surface area (Å²) in [5.41, 5.74) is 4.80. The molecule has 0 bridgehead atoms. The second-order valence-corrected chi connectivity index (χ2v) is 2.09. The Morgan fingerprint density at radius 3 is 2.78 bits per heavy atom. The molecule has 52 valence electrons. The third kappa shape index (κ3) is 1.26. The highest BCUT2D eigenvalue weighted by atomic mass is 32.1. The van der Waals surface area contributed by atoms with E-state index in [1.54, 1.807) is 0 Å².